The Morgan fingerprint density at radius 1 is 1.15 bits per heavy atom. The van der Waals surface area contributed by atoms with Gasteiger partial charge in [-0.1, -0.05) is 48.9 Å². The van der Waals surface area contributed by atoms with E-state index in [0.717, 1.165) is 52.3 Å². The minimum Gasteiger partial charge on any atom is -0.465 e. The summed E-state index contributed by atoms with van der Waals surface area (Å²) in [4.78, 5) is 19.6. The molecule has 2 aliphatic heterocycles. The SMILES string of the molecule is CC1(CN(Cc2ccc(S(C)(=O)=O)cc2)C(=O)O)CC1.CC1N=NC2=CN=C(c3ccccc3Cl)c3ccsc3N21. The molecule has 1 fully saturated rings. The molecule has 3 aliphatic rings. The number of amides is 1. The molecule has 1 atom stereocenters. The number of carbonyl (C=O) groups is 1. The molecule has 3 aromatic rings. The molecular formula is C29H30ClN5O4S2. The Bertz CT molecular complexity index is 1660. The van der Waals surface area contributed by atoms with Gasteiger partial charge in [0.25, 0.3) is 0 Å². The second-order valence-corrected chi connectivity index (χ2v) is 14.0. The van der Waals surface area contributed by atoms with Gasteiger partial charge in [-0.2, -0.15) is 5.11 Å². The van der Waals surface area contributed by atoms with Crippen molar-refractivity contribution in [1.82, 2.24) is 4.90 Å². The highest BCUT2D eigenvalue weighted by molar-refractivity contribution is 7.90. The lowest BCUT2D eigenvalue weighted by Gasteiger charge is -2.23. The summed E-state index contributed by atoms with van der Waals surface area (Å²) in [6, 6.07) is 16.2. The van der Waals surface area contributed by atoms with E-state index in [1.165, 1.54) is 17.0 Å². The van der Waals surface area contributed by atoms with Gasteiger partial charge in [-0.05, 0) is 60.4 Å². The van der Waals surface area contributed by atoms with Gasteiger partial charge in [0.2, 0.25) is 0 Å². The number of hydrogen-bond acceptors (Lipinski definition) is 8. The van der Waals surface area contributed by atoms with Gasteiger partial charge in [-0.15, -0.1) is 16.5 Å². The largest absolute Gasteiger partial charge is 0.465 e. The van der Waals surface area contributed by atoms with Crippen LogP contribution < -0.4 is 4.90 Å². The molecule has 0 radical (unpaired) electrons. The fraction of sp³-hybridized carbons (Fsp3) is 0.310. The first kappa shape index (κ1) is 29.0. The maximum absolute atomic E-state index is 11.4. The van der Waals surface area contributed by atoms with Crippen molar-refractivity contribution in [3.8, 4) is 0 Å². The monoisotopic (exact) mass is 611 g/mol. The van der Waals surface area contributed by atoms with Crippen molar-refractivity contribution in [2.75, 3.05) is 17.7 Å². The van der Waals surface area contributed by atoms with Gasteiger partial charge in [0, 0.05) is 35.5 Å². The average Bonchev–Trinajstić information content (AvgIpc) is 3.33. The van der Waals surface area contributed by atoms with Crippen LogP contribution in [0.25, 0.3) is 0 Å². The molecule has 1 aliphatic carbocycles. The van der Waals surface area contributed by atoms with Crippen molar-refractivity contribution >= 4 is 49.6 Å². The zero-order valence-electron chi connectivity index (χ0n) is 22.9. The third kappa shape index (κ3) is 6.52. The summed E-state index contributed by atoms with van der Waals surface area (Å²) >= 11 is 8.00. The number of carboxylic acid groups (broad SMARTS) is 1. The van der Waals surface area contributed by atoms with Crippen molar-refractivity contribution in [2.24, 2.45) is 20.6 Å². The van der Waals surface area contributed by atoms with E-state index < -0.39 is 15.9 Å². The summed E-state index contributed by atoms with van der Waals surface area (Å²) < 4.78 is 22.7. The fourth-order valence-corrected chi connectivity index (χ4v) is 6.45. The Hall–Kier alpha value is -3.54. The van der Waals surface area contributed by atoms with Crippen LogP contribution in [-0.2, 0) is 16.4 Å². The third-order valence-electron chi connectivity index (χ3n) is 7.18. The van der Waals surface area contributed by atoms with Crippen LogP contribution >= 0.6 is 22.9 Å². The van der Waals surface area contributed by atoms with Gasteiger partial charge in [0.05, 0.1) is 16.8 Å². The van der Waals surface area contributed by atoms with Crippen LogP contribution in [0.5, 0.6) is 0 Å². The molecule has 1 unspecified atom stereocenters. The van der Waals surface area contributed by atoms with Crippen LogP contribution in [-0.4, -0.2) is 49.2 Å². The molecule has 0 spiro atoms. The smallest absolute Gasteiger partial charge is 0.407 e. The number of rotatable bonds is 6. The second-order valence-electron chi connectivity index (χ2n) is 10.7. The molecule has 0 saturated heterocycles. The highest BCUT2D eigenvalue weighted by Gasteiger charge is 2.40. The number of thiophene rings is 1. The molecule has 41 heavy (non-hydrogen) atoms. The predicted octanol–water partition coefficient (Wildman–Crippen LogP) is 7.04. The molecule has 1 amide bonds. The predicted molar refractivity (Wildman–Crippen MR) is 162 cm³/mol. The first-order valence-corrected chi connectivity index (χ1v) is 16.2. The van der Waals surface area contributed by atoms with Gasteiger partial charge in [0.15, 0.2) is 15.7 Å². The number of halogens is 1. The molecular weight excluding hydrogens is 582 g/mol. The van der Waals surface area contributed by atoms with Crippen LogP contribution in [0, 0.1) is 5.41 Å². The van der Waals surface area contributed by atoms with Gasteiger partial charge >= 0.3 is 6.09 Å². The van der Waals surface area contributed by atoms with E-state index in [-0.39, 0.29) is 23.0 Å². The van der Waals surface area contributed by atoms with Crippen molar-refractivity contribution in [3.05, 3.63) is 93.7 Å². The summed E-state index contributed by atoms with van der Waals surface area (Å²) in [5.74, 6) is 0.772. The highest BCUT2D eigenvalue weighted by Crippen LogP contribution is 2.45. The van der Waals surface area contributed by atoms with Gasteiger partial charge < -0.3 is 10.0 Å². The van der Waals surface area contributed by atoms with Crippen LogP contribution in [0.4, 0.5) is 9.80 Å². The molecule has 1 aromatic heterocycles. The van der Waals surface area contributed by atoms with Gasteiger partial charge in [-0.25, -0.2) is 13.2 Å². The van der Waals surface area contributed by atoms with Crippen molar-refractivity contribution in [2.45, 2.75) is 44.3 Å². The zero-order chi connectivity index (χ0) is 29.4. The van der Waals surface area contributed by atoms with E-state index in [0.29, 0.717) is 11.6 Å². The minimum absolute atomic E-state index is 0.00514. The second kappa shape index (κ2) is 11.4. The maximum Gasteiger partial charge on any atom is 0.407 e. The van der Waals surface area contributed by atoms with Gasteiger partial charge in [0.1, 0.15) is 11.2 Å². The number of anilines is 1. The van der Waals surface area contributed by atoms with Crippen LogP contribution in [0.2, 0.25) is 5.02 Å². The summed E-state index contributed by atoms with van der Waals surface area (Å²) in [5.41, 5.74) is 3.79. The first-order valence-electron chi connectivity index (χ1n) is 13.0. The van der Waals surface area contributed by atoms with Crippen molar-refractivity contribution in [3.63, 3.8) is 0 Å². The molecule has 1 saturated carbocycles. The number of benzene rings is 2. The van der Waals surface area contributed by atoms with Crippen molar-refractivity contribution in [1.29, 1.82) is 0 Å². The van der Waals surface area contributed by atoms with E-state index in [9.17, 15) is 18.3 Å². The Balaban J connectivity index is 0.000000165. The molecule has 2 aromatic carbocycles. The normalized spacial score (nSPS) is 18.2. The Labute approximate surface area is 248 Å². The van der Waals surface area contributed by atoms with E-state index in [4.69, 9.17) is 11.6 Å². The van der Waals surface area contributed by atoms with Crippen LogP contribution in [0.15, 0.2) is 92.1 Å². The summed E-state index contributed by atoms with van der Waals surface area (Å²) in [7, 11) is -3.21. The minimum atomic E-state index is -3.21. The lowest BCUT2D eigenvalue weighted by atomic mass is 10.0. The molecule has 214 valence electrons. The van der Waals surface area contributed by atoms with E-state index in [1.54, 1.807) is 29.7 Å². The number of fused-ring (bicyclic) bond motifs is 3. The third-order valence-corrected chi connectivity index (χ3v) is 9.55. The quantitative estimate of drug-likeness (QED) is 0.321. The van der Waals surface area contributed by atoms with E-state index in [2.05, 4.69) is 38.5 Å². The standard InChI is InChI=1S/C15H11ClN4S.C14H19NO4S/c1-9-18-19-13-8-17-14(10-4-2-3-5-12(10)16)11-6-7-21-15(11)20(9)13;1-14(7-8-14)10-15(13(16)17)9-11-3-5-12(6-4-11)20(2,18)19/h2-9H,1H3;3-6H,7-10H2,1-2H3,(H,16,17). The number of azo groups is 1. The molecule has 9 nitrogen and oxygen atoms in total. The van der Waals surface area contributed by atoms with Gasteiger partial charge in [-0.3, -0.25) is 9.89 Å². The molecule has 0 bridgehead atoms. The lowest BCUT2D eigenvalue weighted by Crippen LogP contribution is -2.33. The topological polar surface area (TPSA) is 115 Å². The Morgan fingerprint density at radius 3 is 2.49 bits per heavy atom. The van der Waals surface area contributed by atoms with E-state index in [1.807, 2.05) is 31.2 Å². The number of sulfone groups is 1. The molecule has 12 heteroatoms. The summed E-state index contributed by atoms with van der Waals surface area (Å²) in [6.07, 6.45) is 4.09. The summed E-state index contributed by atoms with van der Waals surface area (Å²) in [5, 5.41) is 21.5. The van der Waals surface area contributed by atoms with Crippen LogP contribution in [0.3, 0.4) is 0 Å². The lowest BCUT2D eigenvalue weighted by molar-refractivity contribution is 0.132. The fourth-order valence-electron chi connectivity index (χ4n) is 4.61. The number of aliphatic imine (C=N–C) groups is 1. The van der Waals surface area contributed by atoms with E-state index >= 15 is 0 Å². The highest BCUT2D eigenvalue weighted by atomic mass is 35.5. The van der Waals surface area contributed by atoms with Crippen molar-refractivity contribution < 1.29 is 18.3 Å². The molecule has 1 N–H and O–H groups in total. The summed E-state index contributed by atoms with van der Waals surface area (Å²) in [6.45, 7) is 4.91. The average molecular weight is 612 g/mol. The van der Waals surface area contributed by atoms with Crippen LogP contribution in [0.1, 0.15) is 43.4 Å². The maximum atomic E-state index is 11.4. The Kier molecular flexibility index (Phi) is 8.04. The number of hydrogen-bond donors (Lipinski definition) is 1. The zero-order valence-corrected chi connectivity index (χ0v) is 25.2. The number of nitrogens with zero attached hydrogens (tertiary/aromatic N) is 5. The molecule has 6 rings (SSSR count). The Morgan fingerprint density at radius 2 is 1.85 bits per heavy atom. The first-order chi connectivity index (χ1) is 19.4. The molecule has 3 heterocycles.